The summed E-state index contributed by atoms with van der Waals surface area (Å²) in [5.74, 6) is 1.81. The maximum atomic E-state index is 3.78. The number of hydrogen-bond donors (Lipinski definition) is 1. The van der Waals surface area contributed by atoms with Gasteiger partial charge >= 0.3 is 0 Å². The molecule has 1 aliphatic rings. The molecular weight excluding hydrogens is 220 g/mol. The van der Waals surface area contributed by atoms with Gasteiger partial charge in [-0.25, -0.2) is 0 Å². The monoisotopic (exact) mass is 254 g/mol. The Hall–Kier alpha value is -0.0800. The van der Waals surface area contributed by atoms with Gasteiger partial charge in [-0.2, -0.15) is 0 Å². The summed E-state index contributed by atoms with van der Waals surface area (Å²) in [6.45, 7) is 10.4. The van der Waals surface area contributed by atoms with Crippen molar-refractivity contribution in [2.24, 2.45) is 11.8 Å². The number of nitrogens with zero attached hydrogens (tertiary/aromatic N) is 1. The molecule has 108 valence electrons. The Morgan fingerprint density at radius 2 is 1.89 bits per heavy atom. The minimum absolute atomic E-state index is 0.232. The minimum Gasteiger partial charge on any atom is -0.312 e. The summed E-state index contributed by atoms with van der Waals surface area (Å²) in [6.07, 6.45) is 7.07. The van der Waals surface area contributed by atoms with E-state index in [0.717, 1.165) is 18.4 Å². The van der Waals surface area contributed by atoms with Crippen LogP contribution in [0.3, 0.4) is 0 Å². The number of hydrogen-bond acceptors (Lipinski definition) is 2. The van der Waals surface area contributed by atoms with E-state index < -0.39 is 0 Å². The standard InChI is InChI=1S/C16H34N2/c1-7-13-10-9-11-14(12-13)15(17-8-2)16(3,4)18(5)6/h13-15,17H,7-12H2,1-6H3. The van der Waals surface area contributed by atoms with Crippen LogP contribution in [0.1, 0.15) is 59.8 Å². The van der Waals surface area contributed by atoms with E-state index in [9.17, 15) is 0 Å². The molecule has 1 aliphatic carbocycles. The van der Waals surface area contributed by atoms with Crippen LogP contribution in [0.5, 0.6) is 0 Å². The number of rotatable bonds is 6. The van der Waals surface area contributed by atoms with Crippen LogP contribution in [-0.2, 0) is 0 Å². The highest BCUT2D eigenvalue weighted by Crippen LogP contribution is 2.36. The molecule has 0 aromatic rings. The summed E-state index contributed by atoms with van der Waals surface area (Å²) in [5.41, 5.74) is 0.232. The first-order chi connectivity index (χ1) is 8.43. The van der Waals surface area contributed by atoms with Gasteiger partial charge in [0.1, 0.15) is 0 Å². The quantitative estimate of drug-likeness (QED) is 0.780. The van der Waals surface area contributed by atoms with Crippen LogP contribution in [0.2, 0.25) is 0 Å². The van der Waals surface area contributed by atoms with Crippen molar-refractivity contribution in [1.29, 1.82) is 0 Å². The lowest BCUT2D eigenvalue weighted by atomic mass is 9.71. The van der Waals surface area contributed by atoms with Gasteiger partial charge in [-0.05, 0) is 59.2 Å². The van der Waals surface area contributed by atoms with Crippen molar-refractivity contribution in [3.05, 3.63) is 0 Å². The Kier molecular flexibility index (Phi) is 6.13. The highest BCUT2D eigenvalue weighted by Gasteiger charge is 2.38. The Balaban J connectivity index is 2.77. The first-order valence-corrected chi connectivity index (χ1v) is 7.84. The van der Waals surface area contributed by atoms with Crippen LogP contribution in [0.15, 0.2) is 0 Å². The molecule has 18 heavy (non-hydrogen) atoms. The third-order valence-electron chi connectivity index (χ3n) is 5.21. The molecule has 1 N–H and O–H groups in total. The van der Waals surface area contributed by atoms with Gasteiger partial charge in [0.2, 0.25) is 0 Å². The zero-order valence-electron chi connectivity index (χ0n) is 13.4. The van der Waals surface area contributed by atoms with E-state index in [1.807, 2.05) is 0 Å². The molecular formula is C16H34N2. The Morgan fingerprint density at radius 1 is 1.22 bits per heavy atom. The van der Waals surface area contributed by atoms with E-state index in [2.05, 4.69) is 52.0 Å². The summed E-state index contributed by atoms with van der Waals surface area (Å²) in [7, 11) is 4.43. The van der Waals surface area contributed by atoms with E-state index in [-0.39, 0.29) is 5.54 Å². The van der Waals surface area contributed by atoms with Crippen molar-refractivity contribution in [3.63, 3.8) is 0 Å². The smallest absolute Gasteiger partial charge is 0.0302 e. The molecule has 0 amide bonds. The molecule has 0 bridgehead atoms. The topological polar surface area (TPSA) is 15.3 Å². The van der Waals surface area contributed by atoms with Gasteiger partial charge in [0.25, 0.3) is 0 Å². The lowest BCUT2D eigenvalue weighted by Crippen LogP contribution is -2.59. The van der Waals surface area contributed by atoms with Crippen LogP contribution in [-0.4, -0.2) is 37.1 Å². The molecule has 3 unspecified atom stereocenters. The van der Waals surface area contributed by atoms with Crippen LogP contribution in [0, 0.1) is 11.8 Å². The third kappa shape index (κ3) is 3.71. The summed E-state index contributed by atoms with van der Waals surface area (Å²) in [6, 6.07) is 0.617. The Labute approximate surface area is 115 Å². The molecule has 0 aliphatic heterocycles. The first-order valence-electron chi connectivity index (χ1n) is 7.84. The van der Waals surface area contributed by atoms with E-state index >= 15 is 0 Å². The summed E-state index contributed by atoms with van der Waals surface area (Å²) < 4.78 is 0. The Bertz CT molecular complexity index is 235. The summed E-state index contributed by atoms with van der Waals surface area (Å²) in [4.78, 5) is 2.38. The molecule has 0 aromatic carbocycles. The van der Waals surface area contributed by atoms with Crippen LogP contribution in [0.25, 0.3) is 0 Å². The van der Waals surface area contributed by atoms with Crippen molar-refractivity contribution < 1.29 is 0 Å². The fourth-order valence-corrected chi connectivity index (χ4v) is 3.50. The Morgan fingerprint density at radius 3 is 2.39 bits per heavy atom. The van der Waals surface area contributed by atoms with Gasteiger partial charge in [0.15, 0.2) is 0 Å². The molecule has 1 rings (SSSR count). The highest BCUT2D eigenvalue weighted by molar-refractivity contribution is 4.96. The molecule has 3 atom stereocenters. The second kappa shape index (κ2) is 6.91. The minimum atomic E-state index is 0.232. The second-order valence-electron chi connectivity index (χ2n) is 6.78. The molecule has 2 nitrogen and oxygen atoms in total. The molecule has 0 aromatic heterocycles. The number of likely N-dealkylation sites (N-methyl/N-ethyl adjacent to an activating group) is 2. The highest BCUT2D eigenvalue weighted by atomic mass is 15.2. The van der Waals surface area contributed by atoms with E-state index in [1.165, 1.54) is 32.1 Å². The zero-order valence-corrected chi connectivity index (χ0v) is 13.4. The average molecular weight is 254 g/mol. The third-order valence-corrected chi connectivity index (χ3v) is 5.21. The molecule has 0 radical (unpaired) electrons. The first kappa shape index (κ1) is 16.0. The number of nitrogens with one attached hydrogen (secondary N) is 1. The lowest BCUT2D eigenvalue weighted by Gasteiger charge is -2.46. The van der Waals surface area contributed by atoms with Crippen molar-refractivity contribution >= 4 is 0 Å². The van der Waals surface area contributed by atoms with Gasteiger partial charge in [-0.3, -0.25) is 0 Å². The SMILES string of the molecule is CCNC(C1CCCC(CC)C1)C(C)(C)N(C)C. The van der Waals surface area contributed by atoms with Crippen molar-refractivity contribution in [2.75, 3.05) is 20.6 Å². The summed E-state index contributed by atoms with van der Waals surface area (Å²) >= 11 is 0. The molecule has 0 heterocycles. The van der Waals surface area contributed by atoms with Gasteiger partial charge in [-0.1, -0.05) is 33.1 Å². The second-order valence-corrected chi connectivity index (χ2v) is 6.78. The van der Waals surface area contributed by atoms with Gasteiger partial charge < -0.3 is 10.2 Å². The molecule has 2 heteroatoms. The normalized spacial score (nSPS) is 27.5. The van der Waals surface area contributed by atoms with Gasteiger partial charge in [0.05, 0.1) is 0 Å². The fourth-order valence-electron chi connectivity index (χ4n) is 3.50. The molecule has 0 spiro atoms. The van der Waals surface area contributed by atoms with E-state index in [4.69, 9.17) is 0 Å². The maximum absolute atomic E-state index is 3.78. The summed E-state index contributed by atoms with van der Waals surface area (Å²) in [5, 5.41) is 3.78. The predicted octanol–water partition coefficient (Wildman–Crippen LogP) is 3.52. The van der Waals surface area contributed by atoms with Crippen molar-refractivity contribution in [3.8, 4) is 0 Å². The van der Waals surface area contributed by atoms with Crippen molar-refractivity contribution in [2.45, 2.75) is 71.4 Å². The predicted molar refractivity (Wildman–Crippen MR) is 81.0 cm³/mol. The lowest BCUT2D eigenvalue weighted by molar-refractivity contribution is 0.0762. The van der Waals surface area contributed by atoms with E-state index in [0.29, 0.717) is 6.04 Å². The van der Waals surface area contributed by atoms with Crippen LogP contribution < -0.4 is 5.32 Å². The average Bonchev–Trinajstić information content (AvgIpc) is 2.35. The van der Waals surface area contributed by atoms with Crippen LogP contribution in [0.4, 0.5) is 0 Å². The van der Waals surface area contributed by atoms with Crippen molar-refractivity contribution in [1.82, 2.24) is 10.2 Å². The molecule has 1 saturated carbocycles. The van der Waals surface area contributed by atoms with Gasteiger partial charge in [-0.15, -0.1) is 0 Å². The largest absolute Gasteiger partial charge is 0.312 e. The molecule has 0 saturated heterocycles. The fraction of sp³-hybridized carbons (Fsp3) is 1.00. The van der Waals surface area contributed by atoms with Crippen LogP contribution >= 0.6 is 0 Å². The van der Waals surface area contributed by atoms with E-state index in [1.54, 1.807) is 0 Å². The molecule has 1 fully saturated rings. The van der Waals surface area contributed by atoms with Gasteiger partial charge in [0, 0.05) is 11.6 Å². The zero-order chi connectivity index (χ0) is 13.8. The maximum Gasteiger partial charge on any atom is 0.0302 e.